The Hall–Kier alpha value is -1.44. The summed E-state index contributed by atoms with van der Waals surface area (Å²) in [6, 6.07) is 8.52. The minimum atomic E-state index is 0.960. The second kappa shape index (κ2) is 7.77. The molecule has 0 aromatic heterocycles. The largest absolute Gasteiger partial charge is 0.384 e. The van der Waals surface area contributed by atoms with Crippen molar-refractivity contribution < 1.29 is 0 Å². The number of rotatable bonds is 8. The Labute approximate surface area is 105 Å². The molecule has 0 amide bonds. The van der Waals surface area contributed by atoms with Crippen molar-refractivity contribution in [2.45, 2.75) is 26.7 Å². The number of unbranched alkanes of at least 4 members (excludes halogenated alkanes) is 1. The van der Waals surface area contributed by atoms with Crippen LogP contribution in [0.25, 0.3) is 0 Å². The Balaban J connectivity index is 2.75. The van der Waals surface area contributed by atoms with Gasteiger partial charge in [-0.2, -0.15) is 0 Å². The van der Waals surface area contributed by atoms with E-state index in [0.29, 0.717) is 0 Å². The first-order chi connectivity index (χ1) is 8.33. The highest BCUT2D eigenvalue weighted by molar-refractivity contribution is 5.69. The van der Waals surface area contributed by atoms with Crippen LogP contribution in [0.4, 0.5) is 11.4 Å². The molecule has 0 aliphatic carbocycles. The number of nitrogens with one attached hydrogen (secondary N) is 1. The topological polar surface area (TPSA) is 15.3 Å². The van der Waals surface area contributed by atoms with Crippen LogP contribution >= 0.6 is 0 Å². The summed E-state index contributed by atoms with van der Waals surface area (Å²) in [5.41, 5.74) is 2.54. The Morgan fingerprint density at radius 2 is 2.06 bits per heavy atom. The van der Waals surface area contributed by atoms with Gasteiger partial charge in [-0.1, -0.05) is 18.2 Å². The van der Waals surface area contributed by atoms with Crippen LogP contribution in [0, 0.1) is 0 Å². The van der Waals surface area contributed by atoms with E-state index in [1.54, 1.807) is 0 Å². The number of allylic oxidation sites excluding steroid dienone is 1. The Bertz CT molecular complexity index is 333. The van der Waals surface area contributed by atoms with Crippen LogP contribution in [0.3, 0.4) is 0 Å². The SMILES string of the molecule is C=CCCCN(CC)c1ccccc1NCC. The number of nitrogens with zero attached hydrogens (tertiary/aromatic N) is 1. The molecule has 1 aromatic rings. The number of hydrogen-bond acceptors (Lipinski definition) is 2. The molecule has 1 N–H and O–H groups in total. The van der Waals surface area contributed by atoms with Crippen molar-refractivity contribution in [3.05, 3.63) is 36.9 Å². The van der Waals surface area contributed by atoms with Crippen molar-refractivity contribution in [1.29, 1.82) is 0 Å². The molecular weight excluding hydrogens is 208 g/mol. The summed E-state index contributed by atoms with van der Waals surface area (Å²) < 4.78 is 0. The lowest BCUT2D eigenvalue weighted by Gasteiger charge is -2.25. The van der Waals surface area contributed by atoms with Crippen LogP contribution in [0.5, 0.6) is 0 Å². The van der Waals surface area contributed by atoms with E-state index in [2.05, 4.69) is 54.9 Å². The molecule has 0 saturated carbocycles. The number of benzene rings is 1. The molecule has 1 rings (SSSR count). The molecule has 0 unspecified atom stereocenters. The zero-order valence-electron chi connectivity index (χ0n) is 11.1. The summed E-state index contributed by atoms with van der Waals surface area (Å²) >= 11 is 0. The van der Waals surface area contributed by atoms with E-state index < -0.39 is 0 Å². The van der Waals surface area contributed by atoms with E-state index >= 15 is 0 Å². The minimum Gasteiger partial charge on any atom is -0.384 e. The lowest BCUT2D eigenvalue weighted by Crippen LogP contribution is -2.24. The molecule has 17 heavy (non-hydrogen) atoms. The fourth-order valence-corrected chi connectivity index (χ4v) is 1.96. The van der Waals surface area contributed by atoms with Crippen molar-refractivity contribution in [1.82, 2.24) is 0 Å². The third-order valence-corrected chi connectivity index (χ3v) is 2.83. The minimum absolute atomic E-state index is 0.960. The van der Waals surface area contributed by atoms with Gasteiger partial charge in [0.15, 0.2) is 0 Å². The van der Waals surface area contributed by atoms with Crippen molar-refractivity contribution in [3.8, 4) is 0 Å². The Kier molecular flexibility index (Phi) is 6.23. The molecule has 0 saturated heterocycles. The first-order valence-corrected chi connectivity index (χ1v) is 6.52. The summed E-state index contributed by atoms with van der Waals surface area (Å²) in [5.74, 6) is 0. The van der Waals surface area contributed by atoms with E-state index in [0.717, 1.165) is 32.5 Å². The van der Waals surface area contributed by atoms with Gasteiger partial charge in [-0.05, 0) is 38.8 Å². The van der Waals surface area contributed by atoms with Crippen LogP contribution in [0.2, 0.25) is 0 Å². The highest BCUT2D eigenvalue weighted by atomic mass is 15.1. The van der Waals surface area contributed by atoms with Gasteiger partial charge < -0.3 is 10.2 Å². The predicted octanol–water partition coefficient (Wildman–Crippen LogP) is 3.91. The van der Waals surface area contributed by atoms with Gasteiger partial charge in [0.1, 0.15) is 0 Å². The van der Waals surface area contributed by atoms with Gasteiger partial charge in [0.25, 0.3) is 0 Å². The number of para-hydroxylation sites is 2. The second-order valence-corrected chi connectivity index (χ2v) is 4.06. The first kappa shape index (κ1) is 13.6. The third kappa shape index (κ3) is 4.14. The van der Waals surface area contributed by atoms with Crippen molar-refractivity contribution >= 4 is 11.4 Å². The normalized spacial score (nSPS) is 10.0. The molecule has 0 spiro atoms. The fraction of sp³-hybridized carbons (Fsp3) is 0.467. The molecule has 1 aromatic carbocycles. The molecule has 0 bridgehead atoms. The monoisotopic (exact) mass is 232 g/mol. The summed E-state index contributed by atoms with van der Waals surface area (Å²) in [4.78, 5) is 2.42. The van der Waals surface area contributed by atoms with Gasteiger partial charge in [-0.3, -0.25) is 0 Å². The maximum Gasteiger partial charge on any atom is 0.0601 e. The highest BCUT2D eigenvalue weighted by Crippen LogP contribution is 2.25. The van der Waals surface area contributed by atoms with Crippen LogP contribution < -0.4 is 10.2 Å². The van der Waals surface area contributed by atoms with Crippen LogP contribution in [0.15, 0.2) is 36.9 Å². The van der Waals surface area contributed by atoms with E-state index in [-0.39, 0.29) is 0 Å². The molecule has 2 nitrogen and oxygen atoms in total. The van der Waals surface area contributed by atoms with Gasteiger partial charge in [-0.25, -0.2) is 0 Å². The van der Waals surface area contributed by atoms with Gasteiger partial charge in [0, 0.05) is 19.6 Å². The lowest BCUT2D eigenvalue weighted by atomic mass is 10.2. The molecule has 2 heteroatoms. The molecular formula is C15H24N2. The van der Waals surface area contributed by atoms with Crippen molar-refractivity contribution in [2.75, 3.05) is 29.9 Å². The second-order valence-electron chi connectivity index (χ2n) is 4.06. The highest BCUT2D eigenvalue weighted by Gasteiger charge is 2.07. The zero-order valence-corrected chi connectivity index (χ0v) is 11.1. The van der Waals surface area contributed by atoms with Gasteiger partial charge in [0.2, 0.25) is 0 Å². The summed E-state index contributed by atoms with van der Waals surface area (Å²) in [7, 11) is 0. The molecule has 0 fully saturated rings. The lowest BCUT2D eigenvalue weighted by molar-refractivity contribution is 0.758. The molecule has 0 aliphatic heterocycles. The maximum atomic E-state index is 3.77. The van der Waals surface area contributed by atoms with Gasteiger partial charge in [-0.15, -0.1) is 6.58 Å². The summed E-state index contributed by atoms with van der Waals surface area (Å²) in [6.07, 6.45) is 4.24. The van der Waals surface area contributed by atoms with Crippen molar-refractivity contribution in [2.24, 2.45) is 0 Å². The fourth-order valence-electron chi connectivity index (χ4n) is 1.96. The van der Waals surface area contributed by atoms with E-state index in [1.807, 2.05) is 6.08 Å². The first-order valence-electron chi connectivity index (χ1n) is 6.52. The van der Waals surface area contributed by atoms with Crippen molar-refractivity contribution in [3.63, 3.8) is 0 Å². The molecule has 0 heterocycles. The Morgan fingerprint density at radius 3 is 2.71 bits per heavy atom. The number of hydrogen-bond donors (Lipinski definition) is 1. The molecule has 0 radical (unpaired) electrons. The Morgan fingerprint density at radius 1 is 1.29 bits per heavy atom. The van der Waals surface area contributed by atoms with Crippen LogP contribution in [-0.4, -0.2) is 19.6 Å². The van der Waals surface area contributed by atoms with E-state index in [9.17, 15) is 0 Å². The molecule has 0 atom stereocenters. The van der Waals surface area contributed by atoms with Gasteiger partial charge >= 0.3 is 0 Å². The standard InChI is InChI=1S/C15H24N2/c1-4-7-10-13-17(6-3)15-12-9-8-11-14(15)16-5-2/h4,8-9,11-12,16H,1,5-7,10,13H2,2-3H3. The smallest absolute Gasteiger partial charge is 0.0601 e. The van der Waals surface area contributed by atoms with Crippen LogP contribution in [0.1, 0.15) is 26.7 Å². The van der Waals surface area contributed by atoms with E-state index in [1.165, 1.54) is 11.4 Å². The summed E-state index contributed by atoms with van der Waals surface area (Å²) in [6.45, 7) is 11.2. The summed E-state index contributed by atoms with van der Waals surface area (Å²) in [5, 5.41) is 3.42. The molecule has 0 aliphatic rings. The van der Waals surface area contributed by atoms with E-state index in [4.69, 9.17) is 0 Å². The maximum absolute atomic E-state index is 3.77. The average molecular weight is 232 g/mol. The third-order valence-electron chi connectivity index (χ3n) is 2.83. The zero-order chi connectivity index (χ0) is 12.5. The van der Waals surface area contributed by atoms with Gasteiger partial charge in [0.05, 0.1) is 11.4 Å². The average Bonchev–Trinajstić information content (AvgIpc) is 2.36. The predicted molar refractivity (Wildman–Crippen MR) is 77.9 cm³/mol. The number of anilines is 2. The van der Waals surface area contributed by atoms with Crippen LogP contribution in [-0.2, 0) is 0 Å². The quantitative estimate of drug-likeness (QED) is 0.540. The molecule has 94 valence electrons.